The number of nitrogens with one attached hydrogen (secondary N) is 1. The number of nitrogens with zero attached hydrogens (tertiary/aromatic N) is 1. The van der Waals surface area contributed by atoms with Crippen LogP contribution in [0, 0.1) is 5.92 Å². The molecule has 1 aliphatic rings. The molecule has 104 valence electrons. The molecular weight excluding hydrogens is 256 g/mol. The van der Waals surface area contributed by atoms with Crippen LogP contribution in [0.2, 0.25) is 0 Å². The minimum absolute atomic E-state index is 0.181. The molecule has 0 radical (unpaired) electrons. The molecule has 2 N–H and O–H groups in total. The van der Waals surface area contributed by atoms with Crippen LogP contribution in [-0.2, 0) is 15.6 Å². The number of rotatable bonds is 4. The Morgan fingerprint density at radius 3 is 2.61 bits per heavy atom. The molecule has 18 heavy (non-hydrogen) atoms. The number of carbonyl (C=O) groups is 2. The van der Waals surface area contributed by atoms with Gasteiger partial charge in [0.25, 0.3) is 0 Å². The van der Waals surface area contributed by atoms with E-state index < -0.39 is 22.7 Å². The van der Waals surface area contributed by atoms with Crippen molar-refractivity contribution in [2.24, 2.45) is 5.92 Å². The molecule has 1 heterocycles. The maximum Gasteiger partial charge on any atom is 0.317 e. The Kier molecular flexibility index (Phi) is 5.13. The normalized spacial score (nSPS) is 26.7. The Morgan fingerprint density at radius 1 is 1.56 bits per heavy atom. The fourth-order valence-corrected chi connectivity index (χ4v) is 3.03. The van der Waals surface area contributed by atoms with Crippen LogP contribution in [0.3, 0.4) is 0 Å². The summed E-state index contributed by atoms with van der Waals surface area (Å²) in [5.41, 5.74) is 0. The average molecular weight is 276 g/mol. The molecule has 1 fully saturated rings. The number of aliphatic carboxylic acids is 1. The molecule has 0 aliphatic carbocycles. The predicted molar refractivity (Wildman–Crippen MR) is 68.8 cm³/mol. The molecule has 1 rings (SSSR count). The third kappa shape index (κ3) is 3.69. The van der Waals surface area contributed by atoms with E-state index in [0.29, 0.717) is 18.7 Å². The van der Waals surface area contributed by atoms with Crippen molar-refractivity contribution in [1.29, 1.82) is 0 Å². The first-order valence-electron chi connectivity index (χ1n) is 5.93. The molecule has 0 aromatic carbocycles. The number of hydrogen-bond donors (Lipinski definition) is 2. The van der Waals surface area contributed by atoms with Gasteiger partial charge in [-0.25, -0.2) is 4.79 Å². The van der Waals surface area contributed by atoms with E-state index in [0.717, 1.165) is 0 Å². The highest BCUT2D eigenvalue weighted by atomic mass is 32.2. The van der Waals surface area contributed by atoms with Gasteiger partial charge in [-0.1, -0.05) is 0 Å². The fourth-order valence-electron chi connectivity index (χ4n) is 2.24. The van der Waals surface area contributed by atoms with Crippen molar-refractivity contribution in [3.05, 3.63) is 0 Å². The summed E-state index contributed by atoms with van der Waals surface area (Å²) in [5, 5.41) is 11.7. The summed E-state index contributed by atoms with van der Waals surface area (Å²) < 4.78 is 11.0. The summed E-state index contributed by atoms with van der Waals surface area (Å²) in [6.45, 7) is 3.98. The first-order chi connectivity index (χ1) is 8.32. The van der Waals surface area contributed by atoms with Crippen LogP contribution in [0.25, 0.3) is 0 Å². The van der Waals surface area contributed by atoms with E-state index in [1.54, 1.807) is 20.1 Å². The second kappa shape index (κ2) is 6.17. The first kappa shape index (κ1) is 14.9. The Balaban J connectivity index is 2.53. The molecule has 0 aromatic rings. The zero-order valence-electron chi connectivity index (χ0n) is 10.9. The van der Waals surface area contributed by atoms with E-state index in [1.807, 2.05) is 0 Å². The van der Waals surface area contributed by atoms with Crippen LogP contribution in [0.1, 0.15) is 20.3 Å². The quantitative estimate of drug-likeness (QED) is 0.771. The highest BCUT2D eigenvalue weighted by molar-refractivity contribution is 7.84. The molecular formula is C11H20N2O4S. The number of carboxylic acid groups (broad SMARTS) is 1. The second-order valence-electron chi connectivity index (χ2n) is 4.76. The molecule has 6 nitrogen and oxygen atoms in total. The lowest BCUT2D eigenvalue weighted by atomic mass is 10.0. The molecule has 0 bridgehead atoms. The fraction of sp³-hybridized carbons (Fsp3) is 0.818. The molecule has 4 unspecified atom stereocenters. The maximum absolute atomic E-state index is 11.9. The lowest BCUT2D eigenvalue weighted by Gasteiger charge is -2.25. The van der Waals surface area contributed by atoms with Gasteiger partial charge in [-0.15, -0.1) is 0 Å². The minimum Gasteiger partial charge on any atom is -0.481 e. The van der Waals surface area contributed by atoms with E-state index in [4.69, 9.17) is 5.11 Å². The van der Waals surface area contributed by atoms with Gasteiger partial charge in [-0.2, -0.15) is 0 Å². The smallest absolute Gasteiger partial charge is 0.317 e. The van der Waals surface area contributed by atoms with Gasteiger partial charge < -0.3 is 15.3 Å². The van der Waals surface area contributed by atoms with Crippen molar-refractivity contribution in [2.75, 3.05) is 18.6 Å². The van der Waals surface area contributed by atoms with Crippen molar-refractivity contribution in [1.82, 2.24) is 10.2 Å². The summed E-state index contributed by atoms with van der Waals surface area (Å²) in [7, 11) is -0.964. The van der Waals surface area contributed by atoms with Crippen LogP contribution in [0.4, 0.5) is 4.79 Å². The third-order valence-electron chi connectivity index (χ3n) is 3.19. The third-order valence-corrected chi connectivity index (χ3v) is 4.16. The standard InChI is InChI=1S/C11H20N2O4S/c1-7(6-18(3)17)12-11(16)13-5-4-9(8(13)2)10(14)15/h7-9H,4-6H2,1-3H3,(H,12,16)(H,14,15). The number of carboxylic acids is 1. The molecule has 1 saturated heterocycles. The Bertz CT molecular complexity index is 361. The summed E-state index contributed by atoms with van der Waals surface area (Å²) >= 11 is 0. The Morgan fingerprint density at radius 2 is 2.17 bits per heavy atom. The predicted octanol–water partition coefficient (Wildman–Crippen LogP) is 0.258. The summed E-state index contributed by atoms with van der Waals surface area (Å²) in [4.78, 5) is 24.4. The van der Waals surface area contributed by atoms with E-state index >= 15 is 0 Å². The Labute approximate surface area is 109 Å². The van der Waals surface area contributed by atoms with Crippen molar-refractivity contribution in [2.45, 2.75) is 32.4 Å². The largest absolute Gasteiger partial charge is 0.481 e. The van der Waals surface area contributed by atoms with Gasteiger partial charge in [-0.05, 0) is 20.3 Å². The van der Waals surface area contributed by atoms with E-state index in [1.165, 1.54) is 4.90 Å². The summed E-state index contributed by atoms with van der Waals surface area (Å²) in [5.74, 6) is -0.956. The number of carbonyl (C=O) groups excluding carboxylic acids is 1. The monoisotopic (exact) mass is 276 g/mol. The summed E-state index contributed by atoms with van der Waals surface area (Å²) in [6.07, 6.45) is 2.07. The number of urea groups is 1. The highest BCUT2D eigenvalue weighted by Crippen LogP contribution is 2.24. The van der Waals surface area contributed by atoms with Crippen molar-refractivity contribution in [3.8, 4) is 0 Å². The van der Waals surface area contributed by atoms with Gasteiger partial charge in [0, 0.05) is 41.4 Å². The molecule has 7 heteroatoms. The summed E-state index contributed by atoms with van der Waals surface area (Å²) in [6, 6.07) is -0.759. The maximum atomic E-state index is 11.9. The zero-order valence-corrected chi connectivity index (χ0v) is 11.7. The van der Waals surface area contributed by atoms with Crippen LogP contribution < -0.4 is 5.32 Å². The van der Waals surface area contributed by atoms with Gasteiger partial charge in [0.15, 0.2) is 0 Å². The van der Waals surface area contributed by atoms with Crippen LogP contribution in [-0.4, -0.2) is 56.9 Å². The number of likely N-dealkylation sites (tertiary alicyclic amines) is 1. The molecule has 1 aliphatic heterocycles. The first-order valence-corrected chi connectivity index (χ1v) is 7.65. The molecule has 0 spiro atoms. The Hall–Kier alpha value is -1.11. The number of hydrogen-bond acceptors (Lipinski definition) is 3. The van der Waals surface area contributed by atoms with Gasteiger partial charge in [0.05, 0.1) is 5.92 Å². The van der Waals surface area contributed by atoms with Crippen molar-refractivity contribution < 1.29 is 18.9 Å². The second-order valence-corrected chi connectivity index (χ2v) is 6.24. The van der Waals surface area contributed by atoms with Gasteiger partial charge in [0.2, 0.25) is 0 Å². The van der Waals surface area contributed by atoms with Crippen LogP contribution in [0.15, 0.2) is 0 Å². The van der Waals surface area contributed by atoms with Gasteiger partial charge >= 0.3 is 12.0 Å². The molecule has 0 saturated carbocycles. The lowest BCUT2D eigenvalue weighted by molar-refractivity contribution is -0.142. The average Bonchev–Trinajstić information content (AvgIpc) is 2.58. The number of amides is 2. The van der Waals surface area contributed by atoms with Crippen LogP contribution in [0.5, 0.6) is 0 Å². The highest BCUT2D eigenvalue weighted by Gasteiger charge is 2.38. The SMILES string of the molecule is CC(CS(C)=O)NC(=O)N1CCC(C(=O)O)C1C. The van der Waals surface area contributed by atoms with Crippen molar-refractivity contribution >= 4 is 22.8 Å². The topological polar surface area (TPSA) is 86.7 Å². The molecule has 0 aromatic heterocycles. The molecule has 2 amide bonds. The van der Waals surface area contributed by atoms with E-state index in [9.17, 15) is 13.8 Å². The minimum atomic E-state index is -0.964. The van der Waals surface area contributed by atoms with E-state index in [-0.39, 0.29) is 18.1 Å². The van der Waals surface area contributed by atoms with E-state index in [2.05, 4.69) is 5.32 Å². The lowest BCUT2D eigenvalue weighted by Crippen LogP contribution is -2.47. The van der Waals surface area contributed by atoms with Gasteiger partial charge in [-0.3, -0.25) is 9.00 Å². The molecule has 4 atom stereocenters. The zero-order chi connectivity index (χ0) is 13.9. The van der Waals surface area contributed by atoms with Crippen LogP contribution >= 0.6 is 0 Å². The van der Waals surface area contributed by atoms with Gasteiger partial charge in [0.1, 0.15) is 0 Å². The van der Waals surface area contributed by atoms with Crippen molar-refractivity contribution in [3.63, 3.8) is 0 Å².